The van der Waals surface area contributed by atoms with Crippen LogP contribution in [0.5, 0.6) is 5.75 Å². The zero-order valence-corrected chi connectivity index (χ0v) is 18.7. The lowest BCUT2D eigenvalue weighted by Gasteiger charge is -2.10. The number of rotatable bonds is 7. The summed E-state index contributed by atoms with van der Waals surface area (Å²) in [6, 6.07) is 14.1. The van der Waals surface area contributed by atoms with Crippen LogP contribution in [0.4, 0.5) is 0 Å². The van der Waals surface area contributed by atoms with Crippen molar-refractivity contribution in [3.05, 3.63) is 84.5 Å². The van der Waals surface area contributed by atoms with Crippen LogP contribution in [0.2, 0.25) is 0 Å². The van der Waals surface area contributed by atoms with E-state index < -0.39 is 5.97 Å². The van der Waals surface area contributed by atoms with E-state index in [1.54, 1.807) is 38.1 Å². The van der Waals surface area contributed by atoms with E-state index in [-0.39, 0.29) is 10.2 Å². The Hall–Kier alpha value is -2.83. The smallest absolute Gasteiger partial charge is 0.339 e. The summed E-state index contributed by atoms with van der Waals surface area (Å²) in [5.74, 6) is -0.0569. The molecular weight excluding hydrogens is 416 g/mol. The number of thioether (sulfide) groups is 2. The Bertz CT molecular complexity index is 1020. The van der Waals surface area contributed by atoms with Gasteiger partial charge in [0.25, 0.3) is 0 Å². The predicted octanol–water partition coefficient (Wildman–Crippen LogP) is 6.09. The Morgan fingerprint density at radius 1 is 0.867 bits per heavy atom. The minimum atomic E-state index is -0.453. The Morgan fingerprint density at radius 3 is 1.93 bits per heavy atom. The highest BCUT2D eigenvalue weighted by Gasteiger charge is 2.13. The average Bonchev–Trinajstić information content (AvgIpc) is 2.74. The number of carbonyl (C=O) groups is 3. The molecule has 0 aliphatic carbocycles. The van der Waals surface area contributed by atoms with E-state index in [4.69, 9.17) is 4.74 Å². The fourth-order valence-electron chi connectivity index (χ4n) is 2.25. The molecule has 0 saturated carbocycles. The van der Waals surface area contributed by atoms with E-state index in [1.807, 2.05) is 31.2 Å². The maximum atomic E-state index is 12.5. The summed E-state index contributed by atoms with van der Waals surface area (Å²) in [6.45, 7) is 12.3. The zero-order chi connectivity index (χ0) is 22.3. The summed E-state index contributed by atoms with van der Waals surface area (Å²) in [5.41, 5.74) is 2.63. The third-order valence-electron chi connectivity index (χ3n) is 4.13. The largest absolute Gasteiger partial charge is 0.423 e. The number of allylic oxidation sites excluding steroid dienone is 1. The SMILES string of the molecule is C=CC(=O)Sc1ccc(OC(=O)/C(C)=C(\C)c2ccc(SC(=O)C(=C)C)cc2)cc1. The van der Waals surface area contributed by atoms with Crippen molar-refractivity contribution in [2.75, 3.05) is 0 Å². The Labute approximate surface area is 185 Å². The van der Waals surface area contributed by atoms with Gasteiger partial charge in [0.15, 0.2) is 0 Å². The van der Waals surface area contributed by atoms with Gasteiger partial charge in [0.05, 0.1) is 0 Å². The molecule has 0 heterocycles. The lowest BCUT2D eigenvalue weighted by Crippen LogP contribution is -2.10. The molecule has 0 atom stereocenters. The van der Waals surface area contributed by atoms with E-state index in [1.165, 1.54) is 6.08 Å². The standard InChI is InChI=1S/C24H22O4S2/c1-6-22(25)29-20-13-9-19(10-14-20)28-23(26)17(5)16(4)18-7-11-21(12-8-18)30-24(27)15(2)3/h6-14H,1-2H2,3-5H3/b17-16+. The lowest BCUT2D eigenvalue weighted by atomic mass is 10.0. The molecule has 0 saturated heterocycles. The molecule has 0 aromatic heterocycles. The normalized spacial score (nSPS) is 11.3. The van der Waals surface area contributed by atoms with E-state index in [2.05, 4.69) is 13.2 Å². The van der Waals surface area contributed by atoms with Crippen LogP contribution in [0.15, 0.2) is 88.7 Å². The van der Waals surface area contributed by atoms with Crippen molar-refractivity contribution in [2.45, 2.75) is 30.6 Å². The van der Waals surface area contributed by atoms with Crippen LogP contribution in [0, 0.1) is 0 Å². The number of hydrogen-bond acceptors (Lipinski definition) is 6. The molecule has 30 heavy (non-hydrogen) atoms. The minimum absolute atomic E-state index is 0.0759. The zero-order valence-electron chi connectivity index (χ0n) is 17.1. The van der Waals surface area contributed by atoms with Gasteiger partial charge in [-0.3, -0.25) is 9.59 Å². The van der Waals surface area contributed by atoms with Crippen LogP contribution in [-0.4, -0.2) is 16.2 Å². The monoisotopic (exact) mass is 438 g/mol. The summed E-state index contributed by atoms with van der Waals surface area (Å²) < 4.78 is 5.44. The van der Waals surface area contributed by atoms with Crippen LogP contribution in [-0.2, 0) is 14.4 Å². The summed E-state index contributed by atoms with van der Waals surface area (Å²) in [4.78, 5) is 37.2. The molecular formula is C24H22O4S2. The van der Waals surface area contributed by atoms with Crippen molar-refractivity contribution in [3.63, 3.8) is 0 Å². The van der Waals surface area contributed by atoms with E-state index >= 15 is 0 Å². The fraction of sp³-hybridized carbons (Fsp3) is 0.125. The molecule has 6 heteroatoms. The van der Waals surface area contributed by atoms with Gasteiger partial charge in [0.2, 0.25) is 10.2 Å². The highest BCUT2D eigenvalue weighted by molar-refractivity contribution is 8.14. The Balaban J connectivity index is 2.08. The van der Waals surface area contributed by atoms with Gasteiger partial charge < -0.3 is 4.74 Å². The van der Waals surface area contributed by atoms with Gasteiger partial charge in [-0.05, 0) is 103 Å². The maximum Gasteiger partial charge on any atom is 0.339 e. The Kier molecular flexibility index (Phi) is 8.45. The van der Waals surface area contributed by atoms with Gasteiger partial charge in [-0.25, -0.2) is 4.79 Å². The molecule has 0 aliphatic rings. The highest BCUT2D eigenvalue weighted by atomic mass is 32.2. The third kappa shape index (κ3) is 6.61. The van der Waals surface area contributed by atoms with Gasteiger partial charge in [0, 0.05) is 15.4 Å². The highest BCUT2D eigenvalue weighted by Crippen LogP contribution is 2.27. The summed E-state index contributed by atoms with van der Waals surface area (Å²) in [7, 11) is 0. The van der Waals surface area contributed by atoms with E-state index in [9.17, 15) is 14.4 Å². The number of ether oxygens (including phenoxy) is 1. The number of esters is 1. The second kappa shape index (κ2) is 10.8. The molecule has 0 unspecified atom stereocenters. The van der Waals surface area contributed by atoms with Gasteiger partial charge in [-0.15, -0.1) is 0 Å². The van der Waals surface area contributed by atoms with Crippen molar-refractivity contribution < 1.29 is 19.1 Å². The van der Waals surface area contributed by atoms with Crippen LogP contribution >= 0.6 is 23.5 Å². The van der Waals surface area contributed by atoms with Crippen molar-refractivity contribution >= 4 is 45.3 Å². The van der Waals surface area contributed by atoms with Gasteiger partial charge in [0.1, 0.15) is 5.75 Å². The average molecular weight is 439 g/mol. The molecule has 0 amide bonds. The first-order valence-corrected chi connectivity index (χ1v) is 10.7. The molecule has 0 radical (unpaired) electrons. The molecule has 0 bridgehead atoms. The number of hydrogen-bond donors (Lipinski definition) is 0. The summed E-state index contributed by atoms with van der Waals surface area (Å²) in [5, 5.41) is -0.226. The quantitative estimate of drug-likeness (QED) is 0.226. The van der Waals surface area contributed by atoms with Crippen molar-refractivity contribution in [2.24, 2.45) is 0 Å². The van der Waals surface area contributed by atoms with Gasteiger partial charge in [-0.2, -0.15) is 0 Å². The number of carbonyl (C=O) groups excluding carboxylic acids is 3. The second-order valence-electron chi connectivity index (χ2n) is 6.43. The second-order valence-corrected chi connectivity index (χ2v) is 8.55. The molecule has 2 aromatic carbocycles. The molecule has 2 rings (SSSR count). The lowest BCUT2D eigenvalue weighted by molar-refractivity contribution is -0.130. The van der Waals surface area contributed by atoms with Gasteiger partial charge in [-0.1, -0.05) is 25.3 Å². The van der Waals surface area contributed by atoms with Crippen LogP contribution < -0.4 is 4.74 Å². The summed E-state index contributed by atoms with van der Waals surface area (Å²) >= 11 is 2.17. The van der Waals surface area contributed by atoms with Crippen LogP contribution in [0.25, 0.3) is 5.57 Å². The molecule has 0 fully saturated rings. The third-order valence-corrected chi connectivity index (χ3v) is 6.05. The van der Waals surface area contributed by atoms with Gasteiger partial charge >= 0.3 is 5.97 Å². The molecule has 4 nitrogen and oxygen atoms in total. The van der Waals surface area contributed by atoms with E-state index in [0.29, 0.717) is 16.9 Å². The minimum Gasteiger partial charge on any atom is -0.423 e. The molecule has 0 spiro atoms. The Morgan fingerprint density at radius 2 is 1.40 bits per heavy atom. The predicted molar refractivity (Wildman–Crippen MR) is 124 cm³/mol. The van der Waals surface area contributed by atoms with Crippen LogP contribution in [0.1, 0.15) is 26.3 Å². The number of benzene rings is 2. The first-order chi connectivity index (χ1) is 14.2. The van der Waals surface area contributed by atoms with Crippen molar-refractivity contribution in [3.8, 4) is 5.75 Å². The molecule has 154 valence electrons. The van der Waals surface area contributed by atoms with Crippen molar-refractivity contribution in [1.29, 1.82) is 0 Å². The molecule has 2 aromatic rings. The topological polar surface area (TPSA) is 60.4 Å². The first-order valence-electron chi connectivity index (χ1n) is 9.03. The fourth-order valence-corrected chi connectivity index (χ4v) is 3.50. The van der Waals surface area contributed by atoms with Crippen LogP contribution in [0.3, 0.4) is 0 Å². The summed E-state index contributed by atoms with van der Waals surface area (Å²) in [6.07, 6.45) is 1.25. The molecule has 0 N–H and O–H groups in total. The van der Waals surface area contributed by atoms with Crippen molar-refractivity contribution in [1.82, 2.24) is 0 Å². The maximum absolute atomic E-state index is 12.5. The first kappa shape index (κ1) is 23.4. The van der Waals surface area contributed by atoms with E-state index in [0.717, 1.165) is 44.5 Å². The molecule has 0 aliphatic heterocycles.